The summed E-state index contributed by atoms with van der Waals surface area (Å²) in [5, 5.41) is 1.52. The van der Waals surface area contributed by atoms with Gasteiger partial charge in [-0.25, -0.2) is 4.98 Å². The van der Waals surface area contributed by atoms with E-state index in [1.807, 2.05) is 10.6 Å². The predicted molar refractivity (Wildman–Crippen MR) is 134 cm³/mol. The third-order valence-electron chi connectivity index (χ3n) is 5.75. The van der Waals surface area contributed by atoms with Gasteiger partial charge in [-0.1, -0.05) is 61.0 Å². The van der Waals surface area contributed by atoms with E-state index < -0.39 is 0 Å². The molecule has 0 aliphatic heterocycles. The summed E-state index contributed by atoms with van der Waals surface area (Å²) >= 11 is 3.30. The molecule has 3 nitrogen and oxygen atoms in total. The lowest BCUT2D eigenvalue weighted by Crippen LogP contribution is -2.21. The molecule has 2 aromatic carbocycles. The molecule has 4 aromatic rings. The largest absolute Gasteiger partial charge is 0.268 e. The molecular formula is C26H28N2OS2. The molecule has 0 N–H and O–H groups in total. The van der Waals surface area contributed by atoms with Gasteiger partial charge in [-0.2, -0.15) is 0 Å². The van der Waals surface area contributed by atoms with Crippen molar-refractivity contribution in [3.05, 3.63) is 85.5 Å². The molecule has 4 rings (SSSR count). The zero-order valence-electron chi connectivity index (χ0n) is 18.8. The number of benzene rings is 2. The van der Waals surface area contributed by atoms with Crippen molar-refractivity contribution in [1.29, 1.82) is 0 Å². The maximum absolute atomic E-state index is 13.8. The van der Waals surface area contributed by atoms with Crippen molar-refractivity contribution in [3.63, 3.8) is 0 Å². The summed E-state index contributed by atoms with van der Waals surface area (Å²) in [5.74, 6) is 0.773. The van der Waals surface area contributed by atoms with Crippen molar-refractivity contribution in [2.45, 2.75) is 58.4 Å². The summed E-state index contributed by atoms with van der Waals surface area (Å²) in [4.78, 5) is 20.9. The second kappa shape index (κ2) is 9.01. The molecule has 0 saturated heterocycles. The van der Waals surface area contributed by atoms with E-state index in [0.29, 0.717) is 0 Å². The molecule has 2 heterocycles. The van der Waals surface area contributed by atoms with Gasteiger partial charge < -0.3 is 0 Å². The zero-order chi connectivity index (χ0) is 22.1. The van der Waals surface area contributed by atoms with E-state index in [1.54, 1.807) is 23.1 Å². The Morgan fingerprint density at radius 3 is 2.42 bits per heavy atom. The van der Waals surface area contributed by atoms with Crippen molar-refractivity contribution >= 4 is 33.3 Å². The summed E-state index contributed by atoms with van der Waals surface area (Å²) < 4.78 is 1.81. The van der Waals surface area contributed by atoms with Gasteiger partial charge in [0.2, 0.25) is 0 Å². The third-order valence-corrected chi connectivity index (χ3v) is 8.00. The van der Waals surface area contributed by atoms with Gasteiger partial charge >= 0.3 is 0 Å². The minimum Gasteiger partial charge on any atom is -0.268 e. The molecule has 0 aliphatic rings. The highest BCUT2D eigenvalue weighted by molar-refractivity contribution is 7.98. The summed E-state index contributed by atoms with van der Waals surface area (Å²) in [7, 11) is 0. The molecular weight excluding hydrogens is 420 g/mol. The third kappa shape index (κ3) is 4.35. The lowest BCUT2D eigenvalue weighted by molar-refractivity contribution is 0.820. The molecule has 0 fully saturated rings. The quantitative estimate of drug-likeness (QED) is 0.237. The lowest BCUT2D eigenvalue weighted by Gasteiger charge is -2.14. The second-order valence-corrected chi connectivity index (χ2v) is 10.2. The first-order chi connectivity index (χ1) is 14.9. The van der Waals surface area contributed by atoms with E-state index in [-0.39, 0.29) is 5.56 Å². The Morgan fingerprint density at radius 1 is 1.00 bits per heavy atom. The first-order valence-corrected chi connectivity index (χ1v) is 12.5. The molecule has 2 aromatic heterocycles. The monoisotopic (exact) mass is 448 g/mol. The van der Waals surface area contributed by atoms with E-state index in [1.165, 1.54) is 27.1 Å². The normalized spacial score (nSPS) is 11.4. The van der Waals surface area contributed by atoms with Crippen LogP contribution in [-0.2, 0) is 12.2 Å². The Bertz CT molecular complexity index is 1300. The van der Waals surface area contributed by atoms with Gasteiger partial charge in [-0.05, 0) is 68.5 Å². The van der Waals surface area contributed by atoms with Crippen LogP contribution in [0.4, 0.5) is 0 Å². The maximum atomic E-state index is 13.8. The fraction of sp³-hybridized carbons (Fsp3) is 0.308. The fourth-order valence-electron chi connectivity index (χ4n) is 3.70. The van der Waals surface area contributed by atoms with Crippen LogP contribution in [0.3, 0.4) is 0 Å². The van der Waals surface area contributed by atoms with Crippen LogP contribution in [0.25, 0.3) is 15.9 Å². The highest BCUT2D eigenvalue weighted by Gasteiger charge is 2.19. The zero-order valence-corrected chi connectivity index (χ0v) is 20.4. The average Bonchev–Trinajstić information content (AvgIpc) is 3.06. The molecule has 0 atom stereocenters. The SMILES string of the molecule is CCCc1sc2nc(SCc3ccc(C)cc3)n(-c3ccc(C)c(C)c3)c(=O)c2c1C. The average molecular weight is 449 g/mol. The number of thiophene rings is 1. The van der Waals surface area contributed by atoms with Crippen LogP contribution in [0.5, 0.6) is 0 Å². The van der Waals surface area contributed by atoms with Gasteiger partial charge in [-0.15, -0.1) is 11.3 Å². The minimum absolute atomic E-state index is 0.0377. The second-order valence-electron chi connectivity index (χ2n) is 8.16. The number of rotatable bonds is 6. The minimum atomic E-state index is 0.0377. The van der Waals surface area contributed by atoms with Gasteiger partial charge in [0.1, 0.15) is 4.83 Å². The van der Waals surface area contributed by atoms with Crippen LogP contribution < -0.4 is 5.56 Å². The molecule has 0 saturated carbocycles. The van der Waals surface area contributed by atoms with Gasteiger partial charge in [0, 0.05) is 10.6 Å². The number of nitrogens with zero attached hydrogens (tertiary/aromatic N) is 2. The molecule has 0 aliphatic carbocycles. The Kier molecular flexibility index (Phi) is 6.35. The van der Waals surface area contributed by atoms with E-state index in [4.69, 9.17) is 4.98 Å². The van der Waals surface area contributed by atoms with Crippen molar-refractivity contribution in [2.24, 2.45) is 0 Å². The van der Waals surface area contributed by atoms with Gasteiger partial charge in [0.05, 0.1) is 11.1 Å². The highest BCUT2D eigenvalue weighted by atomic mass is 32.2. The van der Waals surface area contributed by atoms with Gasteiger partial charge in [0.15, 0.2) is 5.16 Å². The van der Waals surface area contributed by atoms with Crippen molar-refractivity contribution in [1.82, 2.24) is 9.55 Å². The number of hydrogen-bond donors (Lipinski definition) is 0. The van der Waals surface area contributed by atoms with E-state index >= 15 is 0 Å². The number of aromatic nitrogens is 2. The lowest BCUT2D eigenvalue weighted by atomic mass is 10.1. The molecule has 160 valence electrons. The van der Waals surface area contributed by atoms with Crippen LogP contribution in [0, 0.1) is 27.7 Å². The van der Waals surface area contributed by atoms with Gasteiger partial charge in [-0.3, -0.25) is 9.36 Å². The van der Waals surface area contributed by atoms with Crippen LogP contribution >= 0.6 is 23.1 Å². The Labute approximate surface area is 192 Å². The fourth-order valence-corrected chi connectivity index (χ4v) is 5.99. The van der Waals surface area contributed by atoms with E-state index in [9.17, 15) is 4.79 Å². The van der Waals surface area contributed by atoms with Crippen molar-refractivity contribution in [3.8, 4) is 5.69 Å². The molecule has 31 heavy (non-hydrogen) atoms. The Hall–Kier alpha value is -2.37. The van der Waals surface area contributed by atoms with Crippen LogP contribution in [0.1, 0.15) is 46.0 Å². The van der Waals surface area contributed by atoms with Crippen molar-refractivity contribution in [2.75, 3.05) is 0 Å². The van der Waals surface area contributed by atoms with Crippen LogP contribution in [0.15, 0.2) is 52.4 Å². The molecule has 0 spiro atoms. The number of fused-ring (bicyclic) bond motifs is 1. The topological polar surface area (TPSA) is 34.9 Å². The van der Waals surface area contributed by atoms with Crippen LogP contribution in [0.2, 0.25) is 0 Å². The number of aryl methyl sites for hydroxylation is 5. The molecule has 0 bridgehead atoms. The predicted octanol–water partition coefficient (Wildman–Crippen LogP) is 6.93. The standard InChI is InChI=1S/C26H28N2OS2/c1-6-7-22-19(5)23-24(31-22)27-26(30-15-20-11-8-16(2)9-12-20)28(25(23)29)21-13-10-17(3)18(4)14-21/h8-14H,6-7,15H2,1-5H3. The molecule has 0 unspecified atom stereocenters. The molecule has 0 amide bonds. The smallest absolute Gasteiger partial charge is 0.267 e. The summed E-state index contributed by atoms with van der Waals surface area (Å²) in [5.41, 5.74) is 6.88. The summed E-state index contributed by atoms with van der Waals surface area (Å²) in [6, 6.07) is 14.8. The Morgan fingerprint density at radius 2 is 1.74 bits per heavy atom. The molecule has 0 radical (unpaired) electrons. The highest BCUT2D eigenvalue weighted by Crippen LogP contribution is 2.32. The van der Waals surface area contributed by atoms with Crippen LogP contribution in [-0.4, -0.2) is 9.55 Å². The summed E-state index contributed by atoms with van der Waals surface area (Å²) in [6.45, 7) is 10.5. The molecule has 5 heteroatoms. The number of hydrogen-bond acceptors (Lipinski definition) is 4. The van der Waals surface area contributed by atoms with Crippen molar-refractivity contribution < 1.29 is 0 Å². The first-order valence-electron chi connectivity index (χ1n) is 10.7. The van der Waals surface area contributed by atoms with E-state index in [2.05, 4.69) is 71.0 Å². The first kappa shape index (κ1) is 21.8. The number of thioether (sulfide) groups is 1. The van der Waals surface area contributed by atoms with Gasteiger partial charge in [0.25, 0.3) is 5.56 Å². The van der Waals surface area contributed by atoms with E-state index in [0.717, 1.165) is 45.2 Å². The maximum Gasteiger partial charge on any atom is 0.267 e. The summed E-state index contributed by atoms with van der Waals surface area (Å²) in [6.07, 6.45) is 2.05. The Balaban J connectivity index is 1.87.